The summed E-state index contributed by atoms with van der Waals surface area (Å²) in [5.41, 5.74) is 1.54. The molecule has 10 nitrogen and oxygen atoms in total. The van der Waals surface area contributed by atoms with Crippen LogP contribution in [0.5, 0.6) is 0 Å². The van der Waals surface area contributed by atoms with E-state index in [1.807, 2.05) is 25.1 Å². The van der Waals surface area contributed by atoms with Crippen LogP contribution in [0.25, 0.3) is 17.1 Å². The molecule has 182 valence electrons. The maximum atomic E-state index is 13.3. The highest BCUT2D eigenvalue weighted by atomic mass is 19.1. The number of nitrogens with zero attached hydrogens (tertiary/aromatic N) is 2. The van der Waals surface area contributed by atoms with Crippen molar-refractivity contribution in [1.82, 2.24) is 14.9 Å². The van der Waals surface area contributed by atoms with Crippen LogP contribution >= 0.6 is 0 Å². The number of halogens is 1. The number of allylic oxidation sites excluding steroid dienone is 1. The number of H-pyrrole nitrogens is 1. The number of ketones is 1. The van der Waals surface area contributed by atoms with Gasteiger partial charge in [-0.2, -0.15) is 0 Å². The summed E-state index contributed by atoms with van der Waals surface area (Å²) in [5, 5.41) is 10.6. The number of aromatic nitrogens is 2. The van der Waals surface area contributed by atoms with Crippen LogP contribution in [0.2, 0.25) is 0 Å². The van der Waals surface area contributed by atoms with Gasteiger partial charge in [0.25, 0.3) is 6.47 Å². The molecule has 3 heterocycles. The van der Waals surface area contributed by atoms with Crippen molar-refractivity contribution in [2.75, 3.05) is 32.6 Å². The van der Waals surface area contributed by atoms with Gasteiger partial charge in [0.15, 0.2) is 11.3 Å². The van der Waals surface area contributed by atoms with Crippen LogP contribution in [-0.4, -0.2) is 65.4 Å². The first-order valence-electron chi connectivity index (χ1n) is 10.4. The Morgan fingerprint density at radius 2 is 2.00 bits per heavy atom. The van der Waals surface area contributed by atoms with Crippen molar-refractivity contribution in [3.63, 3.8) is 0 Å². The third-order valence-corrected chi connectivity index (χ3v) is 4.74. The molecule has 3 aromatic rings. The number of rotatable bonds is 7. The number of carbonyl (C=O) groups is 3. The van der Waals surface area contributed by atoms with Gasteiger partial charge in [0, 0.05) is 35.6 Å². The number of carbonyl (C=O) groups excluding carboxylic acids is 2. The number of hydrogen-bond acceptors (Lipinski definition) is 8. The Balaban J connectivity index is 0.00000108. The van der Waals surface area contributed by atoms with E-state index < -0.39 is 17.6 Å². The van der Waals surface area contributed by atoms with E-state index in [9.17, 15) is 14.0 Å². The number of anilines is 1. The Kier molecular flexibility index (Phi) is 8.30. The Labute approximate surface area is 199 Å². The second-order valence-electron chi connectivity index (χ2n) is 7.46. The topological polar surface area (TPSA) is 134 Å². The molecule has 0 bridgehead atoms. The molecule has 0 unspecified atom stereocenters. The van der Waals surface area contributed by atoms with Crippen molar-refractivity contribution in [1.29, 1.82) is 0 Å². The van der Waals surface area contributed by atoms with Crippen LogP contribution in [0.3, 0.4) is 0 Å². The Morgan fingerprint density at radius 1 is 1.29 bits per heavy atom. The number of likely N-dealkylation sites (N-methyl/N-ethyl adjacent to an activating group) is 1. The number of benzene rings is 1. The number of carboxylic acid groups (broad SMARTS) is 1. The van der Waals surface area contributed by atoms with Gasteiger partial charge in [-0.15, -0.1) is 0 Å². The lowest BCUT2D eigenvalue weighted by Crippen LogP contribution is -2.22. The summed E-state index contributed by atoms with van der Waals surface area (Å²) in [4.78, 5) is 43.2. The predicted octanol–water partition coefficient (Wildman–Crippen LogP) is 2.77. The van der Waals surface area contributed by atoms with Crippen molar-refractivity contribution in [2.24, 2.45) is 0 Å². The molecule has 0 aliphatic carbocycles. The molecule has 0 fully saturated rings. The summed E-state index contributed by atoms with van der Waals surface area (Å²) < 4.78 is 24.3. The molecular weight excluding hydrogens is 459 g/mol. The van der Waals surface area contributed by atoms with E-state index in [2.05, 4.69) is 15.3 Å². The molecule has 0 radical (unpaired) electrons. The minimum Gasteiger partial charge on any atom is -0.483 e. The van der Waals surface area contributed by atoms with E-state index in [-0.39, 0.29) is 30.3 Å². The monoisotopic (exact) mass is 482 g/mol. The second-order valence-corrected chi connectivity index (χ2v) is 7.46. The Hall–Kier alpha value is -4.51. The molecule has 11 heteroatoms. The van der Waals surface area contributed by atoms with E-state index in [1.165, 1.54) is 30.3 Å². The van der Waals surface area contributed by atoms with E-state index >= 15 is 0 Å². The molecule has 35 heavy (non-hydrogen) atoms. The zero-order valence-electron chi connectivity index (χ0n) is 18.9. The lowest BCUT2D eigenvalue weighted by molar-refractivity contribution is -0.140. The molecule has 2 aromatic heterocycles. The molecule has 0 saturated carbocycles. The van der Waals surface area contributed by atoms with Gasteiger partial charge in [0.05, 0.1) is 0 Å². The third-order valence-electron chi connectivity index (χ3n) is 4.74. The van der Waals surface area contributed by atoms with Gasteiger partial charge in [0.2, 0.25) is 11.7 Å². The van der Waals surface area contributed by atoms with E-state index in [0.717, 1.165) is 5.39 Å². The van der Waals surface area contributed by atoms with Gasteiger partial charge in [-0.3, -0.25) is 9.59 Å². The average Bonchev–Trinajstić information content (AvgIpc) is 3.36. The molecule has 0 amide bonds. The molecule has 0 atom stereocenters. The SMILES string of the molecule is CN(C)CCOC(=O)C1=C(Nc2ccc(F)cc2)OC(=Cc2c[nH]c3ncccc23)C1=O.O=CO. The van der Waals surface area contributed by atoms with Gasteiger partial charge in [0.1, 0.15) is 18.1 Å². The molecule has 0 spiro atoms. The number of fused-ring (bicyclic) bond motifs is 1. The highest BCUT2D eigenvalue weighted by Crippen LogP contribution is 2.30. The first-order chi connectivity index (χ1) is 16.8. The van der Waals surface area contributed by atoms with Crippen LogP contribution < -0.4 is 5.32 Å². The molecule has 4 rings (SSSR count). The highest BCUT2D eigenvalue weighted by Gasteiger charge is 2.37. The summed E-state index contributed by atoms with van der Waals surface area (Å²) >= 11 is 0. The fraction of sp³-hybridized carbons (Fsp3) is 0.167. The standard InChI is InChI=1S/C23H21FN4O4.CH2O2/c1-28(2)10-11-31-23(30)19-20(29)18(12-14-13-26-21-17(14)4-3-9-25-21)32-22(19)27-16-7-5-15(24)6-8-16;2-1-3/h3-9,12-13,27H,10-11H2,1-2H3,(H,25,26);1H,(H,2,3). The molecule has 0 saturated heterocycles. The zero-order chi connectivity index (χ0) is 25.4. The molecule has 1 aliphatic heterocycles. The van der Waals surface area contributed by atoms with Gasteiger partial charge in [-0.1, -0.05) is 0 Å². The summed E-state index contributed by atoms with van der Waals surface area (Å²) in [5.74, 6) is -1.93. The van der Waals surface area contributed by atoms with Crippen LogP contribution in [0.15, 0.2) is 66.0 Å². The number of aromatic amines is 1. The van der Waals surface area contributed by atoms with Crippen LogP contribution in [0.1, 0.15) is 5.56 Å². The normalized spacial score (nSPS) is 14.1. The van der Waals surface area contributed by atoms with Crippen molar-refractivity contribution >= 4 is 41.0 Å². The second kappa shape index (κ2) is 11.6. The number of Topliss-reactive ketones (excluding diaryl/α,β-unsaturated/α-hetero) is 1. The van der Waals surface area contributed by atoms with Gasteiger partial charge >= 0.3 is 5.97 Å². The summed E-state index contributed by atoms with van der Waals surface area (Å²) in [7, 11) is 3.69. The number of ether oxygens (including phenoxy) is 2. The summed E-state index contributed by atoms with van der Waals surface area (Å²) in [6, 6.07) is 9.08. The maximum absolute atomic E-state index is 13.3. The van der Waals surface area contributed by atoms with Gasteiger partial charge in [-0.05, 0) is 56.6 Å². The largest absolute Gasteiger partial charge is 0.483 e. The molecule has 1 aliphatic rings. The van der Waals surface area contributed by atoms with Crippen LogP contribution in [0, 0.1) is 5.82 Å². The van der Waals surface area contributed by atoms with Crippen molar-refractivity contribution in [2.45, 2.75) is 0 Å². The predicted molar refractivity (Wildman–Crippen MR) is 125 cm³/mol. The first kappa shape index (κ1) is 25.1. The molecule has 1 aromatic carbocycles. The minimum atomic E-state index is -0.801. The lowest BCUT2D eigenvalue weighted by Gasteiger charge is -2.11. The Morgan fingerprint density at radius 3 is 2.69 bits per heavy atom. The zero-order valence-corrected chi connectivity index (χ0v) is 18.9. The smallest absolute Gasteiger partial charge is 0.347 e. The van der Waals surface area contributed by atoms with Gasteiger partial charge in [-0.25, -0.2) is 14.2 Å². The molecule has 3 N–H and O–H groups in total. The number of pyridine rings is 1. The number of nitrogens with one attached hydrogen (secondary N) is 2. The van der Waals surface area contributed by atoms with Crippen molar-refractivity contribution in [3.05, 3.63) is 77.4 Å². The highest BCUT2D eigenvalue weighted by molar-refractivity contribution is 6.26. The quantitative estimate of drug-likeness (QED) is 0.201. The van der Waals surface area contributed by atoms with E-state index in [1.54, 1.807) is 18.5 Å². The average molecular weight is 482 g/mol. The lowest BCUT2D eigenvalue weighted by atomic mass is 10.1. The van der Waals surface area contributed by atoms with E-state index in [4.69, 9.17) is 19.4 Å². The fourth-order valence-electron chi connectivity index (χ4n) is 3.10. The maximum Gasteiger partial charge on any atom is 0.347 e. The van der Waals surface area contributed by atoms with Crippen molar-refractivity contribution < 1.29 is 33.4 Å². The molecular formula is C24H23FN4O6. The van der Waals surface area contributed by atoms with E-state index in [0.29, 0.717) is 23.4 Å². The van der Waals surface area contributed by atoms with Crippen molar-refractivity contribution in [3.8, 4) is 0 Å². The summed E-state index contributed by atoms with van der Waals surface area (Å²) in [6.07, 6.45) is 4.89. The number of hydrogen-bond donors (Lipinski definition) is 3. The van der Waals surface area contributed by atoms with Crippen LogP contribution in [-0.2, 0) is 23.9 Å². The number of esters is 1. The minimum absolute atomic E-state index is 0.0427. The fourth-order valence-corrected chi connectivity index (χ4v) is 3.10. The third kappa shape index (κ3) is 6.30. The summed E-state index contributed by atoms with van der Waals surface area (Å²) in [6.45, 7) is 0.361. The Bertz CT molecular complexity index is 1280. The first-order valence-corrected chi connectivity index (χ1v) is 10.4. The van der Waals surface area contributed by atoms with Crippen LogP contribution in [0.4, 0.5) is 10.1 Å². The van der Waals surface area contributed by atoms with Gasteiger partial charge < -0.3 is 29.8 Å².